The van der Waals surface area contributed by atoms with Crippen molar-refractivity contribution >= 4 is 35.1 Å². The van der Waals surface area contributed by atoms with E-state index in [-0.39, 0.29) is 5.91 Å². The number of carboxylic acid groups (broad SMARTS) is 1. The fraction of sp³-hybridized carbons (Fsp3) is 0.286. The van der Waals surface area contributed by atoms with Gasteiger partial charge >= 0.3 is 5.97 Å². The van der Waals surface area contributed by atoms with Gasteiger partial charge in [-0.2, -0.15) is 0 Å². The number of carbonyl (C=O) groups excluding carboxylic acids is 1. The smallest absolute Gasteiger partial charge is 0.326 e. The molecule has 1 amide bonds. The molecule has 0 radical (unpaired) electrons. The van der Waals surface area contributed by atoms with Crippen LogP contribution in [-0.4, -0.2) is 34.0 Å². The van der Waals surface area contributed by atoms with Gasteiger partial charge in [0.05, 0.1) is 6.04 Å². The molecule has 3 aromatic rings. The Labute approximate surface area is 215 Å². The van der Waals surface area contributed by atoms with Gasteiger partial charge in [0.1, 0.15) is 18.2 Å². The van der Waals surface area contributed by atoms with Gasteiger partial charge in [-0.15, -0.1) is 0 Å². The number of aliphatic carboxylic acids is 1. The van der Waals surface area contributed by atoms with Gasteiger partial charge in [0.25, 0.3) is 5.91 Å². The second-order valence-corrected chi connectivity index (χ2v) is 9.54. The lowest BCUT2D eigenvalue weighted by atomic mass is 9.88. The molecule has 0 aliphatic carbocycles. The summed E-state index contributed by atoms with van der Waals surface area (Å²) >= 11 is 12.3. The van der Waals surface area contributed by atoms with E-state index in [0.29, 0.717) is 29.3 Å². The third-order valence-electron chi connectivity index (χ3n) is 6.28. The molecule has 4 atom stereocenters. The van der Waals surface area contributed by atoms with Crippen LogP contribution in [0.4, 0.5) is 0 Å². The summed E-state index contributed by atoms with van der Waals surface area (Å²) in [5.41, 5.74) is 2.50. The normalized spacial score (nSPS) is 21.1. The van der Waals surface area contributed by atoms with Crippen molar-refractivity contribution in [1.82, 2.24) is 4.90 Å². The molecule has 1 saturated heterocycles. The van der Waals surface area contributed by atoms with Crippen molar-refractivity contribution in [3.63, 3.8) is 0 Å². The average Bonchev–Trinajstić information content (AvgIpc) is 2.85. The van der Waals surface area contributed by atoms with E-state index >= 15 is 0 Å². The minimum absolute atomic E-state index is 0.330. The van der Waals surface area contributed by atoms with Crippen molar-refractivity contribution in [2.75, 3.05) is 0 Å². The molecule has 1 N–H and O–H groups in total. The largest absolute Gasteiger partial charge is 0.480 e. The van der Waals surface area contributed by atoms with E-state index < -0.39 is 30.3 Å². The summed E-state index contributed by atoms with van der Waals surface area (Å²) in [4.78, 5) is 27.9. The molecule has 0 aromatic heterocycles. The lowest BCUT2D eigenvalue weighted by Crippen LogP contribution is -2.57. The molecule has 4 rings (SSSR count). The van der Waals surface area contributed by atoms with Crippen molar-refractivity contribution in [2.45, 2.75) is 50.5 Å². The highest BCUT2D eigenvalue weighted by Gasteiger charge is 2.48. The van der Waals surface area contributed by atoms with E-state index in [2.05, 4.69) is 0 Å². The third kappa shape index (κ3) is 5.69. The summed E-state index contributed by atoms with van der Waals surface area (Å²) < 4.78 is 6.50. The van der Waals surface area contributed by atoms with Gasteiger partial charge in [-0.05, 0) is 47.4 Å². The number of benzene rings is 3. The standard InChI is InChI=1S/C28H27Cl2NO4/c1-2-6-23(28(33)34)31-25(19-9-13-21(29)14-10-19)26(20-11-15-22(30)16-12-20)35-24(27(31)32)17-18-7-4-3-5-8-18/h3-5,7-16,23-26H,2,6,17H2,1H3,(H,33,34)/t23-,24+,25-,26+/m1/s1. The first-order chi connectivity index (χ1) is 16.9. The SMILES string of the molecule is CCC[C@H](C(=O)O)N1C(=O)[C@H](Cc2ccccc2)O[C@@H](c2ccc(Cl)cc2)[C@H]1c1ccc(Cl)cc1. The monoisotopic (exact) mass is 511 g/mol. The molecule has 35 heavy (non-hydrogen) atoms. The van der Waals surface area contributed by atoms with Crippen LogP contribution in [0.5, 0.6) is 0 Å². The number of nitrogens with zero attached hydrogens (tertiary/aromatic N) is 1. The van der Waals surface area contributed by atoms with Gasteiger partial charge in [0.15, 0.2) is 0 Å². The number of halogens is 2. The van der Waals surface area contributed by atoms with E-state index in [0.717, 1.165) is 16.7 Å². The van der Waals surface area contributed by atoms with Crippen molar-refractivity contribution in [3.05, 3.63) is 106 Å². The zero-order chi connectivity index (χ0) is 24.9. The minimum Gasteiger partial charge on any atom is -0.480 e. The topological polar surface area (TPSA) is 66.8 Å². The Bertz CT molecular complexity index is 1150. The molecule has 3 aromatic carbocycles. The van der Waals surface area contributed by atoms with Crippen LogP contribution in [0.15, 0.2) is 78.9 Å². The Morgan fingerprint density at radius 3 is 2.06 bits per heavy atom. The number of amides is 1. The molecule has 182 valence electrons. The zero-order valence-corrected chi connectivity index (χ0v) is 20.8. The lowest BCUT2D eigenvalue weighted by molar-refractivity contribution is -0.184. The van der Waals surface area contributed by atoms with Crippen LogP contribution in [0.25, 0.3) is 0 Å². The van der Waals surface area contributed by atoms with Gasteiger partial charge < -0.3 is 14.7 Å². The highest BCUT2D eigenvalue weighted by molar-refractivity contribution is 6.30. The third-order valence-corrected chi connectivity index (χ3v) is 6.79. The Balaban J connectivity index is 1.85. The molecule has 7 heteroatoms. The maximum atomic E-state index is 13.9. The number of hydrogen-bond acceptors (Lipinski definition) is 3. The fourth-order valence-electron chi connectivity index (χ4n) is 4.63. The maximum Gasteiger partial charge on any atom is 0.326 e. The predicted octanol–water partition coefficient (Wildman–Crippen LogP) is 6.50. The second kappa shape index (κ2) is 11.3. The number of morpholine rings is 1. The van der Waals surface area contributed by atoms with E-state index in [1.807, 2.05) is 61.5 Å². The Morgan fingerprint density at radius 2 is 1.51 bits per heavy atom. The second-order valence-electron chi connectivity index (χ2n) is 8.67. The first kappa shape index (κ1) is 25.2. The van der Waals surface area contributed by atoms with Gasteiger partial charge in [-0.3, -0.25) is 4.79 Å². The predicted molar refractivity (Wildman–Crippen MR) is 137 cm³/mol. The maximum absolute atomic E-state index is 13.9. The van der Waals surface area contributed by atoms with Crippen LogP contribution >= 0.6 is 23.2 Å². The first-order valence-electron chi connectivity index (χ1n) is 11.6. The van der Waals surface area contributed by atoms with Crippen LogP contribution in [0.1, 0.15) is 48.6 Å². The molecule has 0 bridgehead atoms. The number of carboxylic acids is 1. The Morgan fingerprint density at radius 1 is 0.943 bits per heavy atom. The lowest BCUT2D eigenvalue weighted by Gasteiger charge is -2.47. The van der Waals surface area contributed by atoms with Gasteiger partial charge in [-0.1, -0.05) is 91.1 Å². The number of ether oxygens (including phenoxy) is 1. The summed E-state index contributed by atoms with van der Waals surface area (Å²) in [7, 11) is 0. The molecule has 0 unspecified atom stereocenters. The van der Waals surface area contributed by atoms with Crippen molar-refractivity contribution in [2.24, 2.45) is 0 Å². The summed E-state index contributed by atoms with van der Waals surface area (Å²) in [5.74, 6) is -1.37. The molecule has 0 spiro atoms. The number of carbonyl (C=O) groups is 2. The Kier molecular flexibility index (Phi) is 8.11. The molecular weight excluding hydrogens is 485 g/mol. The van der Waals surface area contributed by atoms with Crippen LogP contribution in [0.3, 0.4) is 0 Å². The minimum atomic E-state index is -1.03. The molecule has 1 heterocycles. The molecule has 5 nitrogen and oxygen atoms in total. The number of hydrogen-bond donors (Lipinski definition) is 1. The van der Waals surface area contributed by atoms with Gasteiger partial charge in [0, 0.05) is 16.5 Å². The highest BCUT2D eigenvalue weighted by Crippen LogP contribution is 2.44. The van der Waals surface area contributed by atoms with Crippen LogP contribution in [0, 0.1) is 0 Å². The van der Waals surface area contributed by atoms with Crippen molar-refractivity contribution in [3.8, 4) is 0 Å². The summed E-state index contributed by atoms with van der Waals surface area (Å²) in [6.45, 7) is 1.91. The average molecular weight is 512 g/mol. The van der Waals surface area contributed by atoms with Gasteiger partial charge in [0.2, 0.25) is 0 Å². The van der Waals surface area contributed by atoms with E-state index in [4.69, 9.17) is 27.9 Å². The molecular formula is C28H27Cl2NO4. The quantitative estimate of drug-likeness (QED) is 0.374. The van der Waals surface area contributed by atoms with E-state index in [1.165, 1.54) is 4.90 Å². The van der Waals surface area contributed by atoms with Gasteiger partial charge in [-0.25, -0.2) is 4.79 Å². The van der Waals surface area contributed by atoms with Crippen molar-refractivity contribution in [1.29, 1.82) is 0 Å². The van der Waals surface area contributed by atoms with Crippen molar-refractivity contribution < 1.29 is 19.4 Å². The summed E-state index contributed by atoms with van der Waals surface area (Å²) in [6, 6.07) is 22.3. The Hall–Kier alpha value is -2.86. The molecule has 1 aliphatic heterocycles. The number of rotatable bonds is 8. The fourth-order valence-corrected chi connectivity index (χ4v) is 4.89. The van der Waals surface area contributed by atoms with E-state index in [9.17, 15) is 14.7 Å². The van der Waals surface area contributed by atoms with Crippen LogP contribution in [0.2, 0.25) is 10.0 Å². The highest BCUT2D eigenvalue weighted by atomic mass is 35.5. The first-order valence-corrected chi connectivity index (χ1v) is 12.4. The molecule has 0 saturated carbocycles. The summed E-state index contributed by atoms with van der Waals surface area (Å²) in [5, 5.41) is 11.3. The zero-order valence-electron chi connectivity index (χ0n) is 19.3. The molecule has 1 fully saturated rings. The van der Waals surface area contributed by atoms with Crippen LogP contribution in [-0.2, 0) is 20.7 Å². The van der Waals surface area contributed by atoms with Crippen LogP contribution < -0.4 is 0 Å². The molecule has 1 aliphatic rings. The van der Waals surface area contributed by atoms with E-state index in [1.54, 1.807) is 24.3 Å². The summed E-state index contributed by atoms with van der Waals surface area (Å²) in [6.07, 6.45) is -0.147.